The largest absolute Gasteiger partial charge is 0.381 e. The third kappa shape index (κ3) is 4.97. The van der Waals surface area contributed by atoms with Crippen molar-refractivity contribution in [1.82, 2.24) is 24.8 Å². The highest BCUT2D eigenvalue weighted by Gasteiger charge is 2.40. The zero-order valence-electron chi connectivity index (χ0n) is 21.6. The SMILES string of the molecule is CCNC(=O)Nc1ccc(-c2nc(N3CCOC[C@@H]3C)c3nc(C4(F)CCOCC4)n(CC)c3n2)cc1. The zero-order valence-corrected chi connectivity index (χ0v) is 21.6. The van der Waals surface area contributed by atoms with Gasteiger partial charge in [0, 0.05) is 43.7 Å². The molecule has 2 fully saturated rings. The van der Waals surface area contributed by atoms with Gasteiger partial charge in [-0.05, 0) is 45.0 Å². The Morgan fingerprint density at radius 3 is 2.54 bits per heavy atom. The van der Waals surface area contributed by atoms with Gasteiger partial charge in [0.15, 0.2) is 28.5 Å². The van der Waals surface area contributed by atoms with Gasteiger partial charge in [-0.15, -0.1) is 0 Å². The molecule has 2 aliphatic heterocycles. The number of aromatic nitrogens is 4. The molecule has 0 radical (unpaired) electrons. The molecular formula is C26H34FN7O3. The van der Waals surface area contributed by atoms with Crippen LogP contribution < -0.4 is 15.5 Å². The number of alkyl halides is 1. The minimum absolute atomic E-state index is 0.0843. The molecule has 0 bridgehead atoms. The summed E-state index contributed by atoms with van der Waals surface area (Å²) in [6, 6.07) is 7.20. The van der Waals surface area contributed by atoms with Gasteiger partial charge >= 0.3 is 6.03 Å². The lowest BCUT2D eigenvalue weighted by molar-refractivity contribution is -0.0179. The van der Waals surface area contributed by atoms with Crippen LogP contribution in [0.5, 0.6) is 0 Å². The lowest BCUT2D eigenvalue weighted by atomic mass is 9.95. The molecule has 1 atom stereocenters. The molecule has 37 heavy (non-hydrogen) atoms. The van der Waals surface area contributed by atoms with E-state index in [0.29, 0.717) is 80.4 Å². The number of urea groups is 1. The van der Waals surface area contributed by atoms with Crippen molar-refractivity contribution < 1.29 is 18.7 Å². The van der Waals surface area contributed by atoms with E-state index in [1.807, 2.05) is 42.7 Å². The molecule has 10 nitrogen and oxygen atoms in total. The number of morpholine rings is 1. The predicted molar refractivity (Wildman–Crippen MR) is 140 cm³/mol. The van der Waals surface area contributed by atoms with Crippen molar-refractivity contribution in [1.29, 1.82) is 0 Å². The Morgan fingerprint density at radius 2 is 1.86 bits per heavy atom. The van der Waals surface area contributed by atoms with Gasteiger partial charge in [-0.25, -0.2) is 24.1 Å². The van der Waals surface area contributed by atoms with Gasteiger partial charge in [0.05, 0.1) is 32.5 Å². The second kappa shape index (κ2) is 10.6. The number of rotatable bonds is 6. The highest BCUT2D eigenvalue weighted by molar-refractivity contribution is 5.90. The van der Waals surface area contributed by atoms with Crippen LogP contribution in [0, 0.1) is 0 Å². The average molecular weight is 512 g/mol. The molecule has 4 heterocycles. The molecule has 2 amide bonds. The van der Waals surface area contributed by atoms with Crippen molar-refractivity contribution in [3.05, 3.63) is 30.1 Å². The van der Waals surface area contributed by atoms with Crippen molar-refractivity contribution in [2.24, 2.45) is 0 Å². The first-order valence-electron chi connectivity index (χ1n) is 13.0. The Bertz CT molecular complexity index is 1260. The maximum atomic E-state index is 16.2. The van der Waals surface area contributed by atoms with E-state index in [1.165, 1.54) is 0 Å². The van der Waals surface area contributed by atoms with Crippen LogP contribution in [0.1, 0.15) is 39.4 Å². The molecule has 0 spiro atoms. The summed E-state index contributed by atoms with van der Waals surface area (Å²) >= 11 is 0. The highest BCUT2D eigenvalue weighted by atomic mass is 19.1. The fourth-order valence-electron chi connectivity index (χ4n) is 4.96. The van der Waals surface area contributed by atoms with E-state index in [9.17, 15) is 4.79 Å². The van der Waals surface area contributed by atoms with Crippen LogP contribution in [-0.4, -0.2) is 71.1 Å². The number of benzene rings is 1. The minimum Gasteiger partial charge on any atom is -0.381 e. The Morgan fingerprint density at radius 1 is 1.11 bits per heavy atom. The fourth-order valence-corrected chi connectivity index (χ4v) is 4.96. The van der Waals surface area contributed by atoms with Gasteiger partial charge in [0.1, 0.15) is 5.82 Å². The number of carbonyl (C=O) groups excluding carboxylic acids is 1. The summed E-state index contributed by atoms with van der Waals surface area (Å²) in [5.41, 5.74) is 1.10. The second-order valence-corrected chi connectivity index (χ2v) is 9.48. The van der Waals surface area contributed by atoms with Crippen molar-refractivity contribution in [2.45, 2.75) is 51.9 Å². The molecule has 3 aromatic rings. The number of hydrogen-bond acceptors (Lipinski definition) is 7. The molecule has 5 rings (SSSR count). The number of halogens is 1. The van der Waals surface area contributed by atoms with Gasteiger partial charge in [0.25, 0.3) is 0 Å². The first-order valence-corrected chi connectivity index (χ1v) is 13.0. The second-order valence-electron chi connectivity index (χ2n) is 9.48. The highest BCUT2D eigenvalue weighted by Crippen LogP contribution is 2.39. The summed E-state index contributed by atoms with van der Waals surface area (Å²) in [7, 11) is 0. The number of nitrogens with zero attached hydrogens (tertiary/aromatic N) is 5. The monoisotopic (exact) mass is 511 g/mol. The van der Waals surface area contributed by atoms with Crippen molar-refractivity contribution in [3.8, 4) is 11.4 Å². The van der Waals surface area contributed by atoms with E-state index in [0.717, 1.165) is 5.56 Å². The molecule has 1 aromatic carbocycles. The van der Waals surface area contributed by atoms with Gasteiger partial charge in [0.2, 0.25) is 0 Å². The number of ether oxygens (including phenoxy) is 2. The van der Waals surface area contributed by atoms with Gasteiger partial charge < -0.3 is 29.6 Å². The Kier molecular flexibility index (Phi) is 7.25. The summed E-state index contributed by atoms with van der Waals surface area (Å²) in [5.74, 6) is 1.60. The topological polar surface area (TPSA) is 106 Å². The van der Waals surface area contributed by atoms with E-state index in [2.05, 4.69) is 22.5 Å². The molecule has 0 unspecified atom stereocenters. The van der Waals surface area contributed by atoms with E-state index >= 15 is 4.39 Å². The normalized spacial score (nSPS) is 19.7. The molecule has 2 N–H and O–H groups in total. The minimum atomic E-state index is -1.57. The van der Waals surface area contributed by atoms with Crippen LogP contribution in [0.4, 0.5) is 20.7 Å². The maximum absolute atomic E-state index is 16.2. The number of amides is 2. The van der Waals surface area contributed by atoms with Crippen LogP contribution in [0.15, 0.2) is 24.3 Å². The van der Waals surface area contributed by atoms with E-state index in [1.54, 1.807) is 0 Å². The quantitative estimate of drug-likeness (QED) is 0.518. The molecule has 2 saturated heterocycles. The van der Waals surface area contributed by atoms with E-state index in [4.69, 9.17) is 24.4 Å². The predicted octanol–water partition coefficient (Wildman–Crippen LogP) is 3.85. The smallest absolute Gasteiger partial charge is 0.319 e. The third-order valence-corrected chi connectivity index (χ3v) is 6.96. The summed E-state index contributed by atoms with van der Waals surface area (Å²) in [6.07, 6.45) is 0.528. The molecule has 2 aliphatic rings. The van der Waals surface area contributed by atoms with E-state index in [-0.39, 0.29) is 24.9 Å². The Balaban J connectivity index is 1.62. The van der Waals surface area contributed by atoms with Crippen LogP contribution >= 0.6 is 0 Å². The summed E-state index contributed by atoms with van der Waals surface area (Å²) in [5, 5.41) is 5.52. The summed E-state index contributed by atoms with van der Waals surface area (Å²) in [4.78, 5) is 28.8. The van der Waals surface area contributed by atoms with Gasteiger partial charge in [-0.1, -0.05) is 0 Å². The van der Waals surface area contributed by atoms with Gasteiger partial charge in [-0.2, -0.15) is 0 Å². The number of aryl methyl sites for hydroxylation is 1. The van der Waals surface area contributed by atoms with E-state index < -0.39 is 5.67 Å². The summed E-state index contributed by atoms with van der Waals surface area (Å²) < 4.78 is 29.2. The van der Waals surface area contributed by atoms with Crippen molar-refractivity contribution in [3.63, 3.8) is 0 Å². The first kappa shape index (κ1) is 25.3. The van der Waals surface area contributed by atoms with Crippen molar-refractivity contribution >= 4 is 28.7 Å². The average Bonchev–Trinajstić information content (AvgIpc) is 3.29. The zero-order chi connectivity index (χ0) is 26.0. The number of carbonyl (C=O) groups is 1. The molecule has 0 aliphatic carbocycles. The molecule has 198 valence electrons. The van der Waals surface area contributed by atoms with Gasteiger partial charge in [-0.3, -0.25) is 0 Å². The lowest BCUT2D eigenvalue weighted by Crippen LogP contribution is -2.44. The fraction of sp³-hybridized carbons (Fsp3) is 0.538. The number of imidazole rings is 1. The third-order valence-electron chi connectivity index (χ3n) is 6.96. The first-order chi connectivity index (χ1) is 17.9. The van der Waals surface area contributed by atoms with Crippen LogP contribution in [0.2, 0.25) is 0 Å². The maximum Gasteiger partial charge on any atom is 0.319 e. The standard InChI is InChI=1S/C26H34FN7O3/c1-4-28-25(35)29-19-8-6-18(7-9-19)21-31-22-20(23(32-21)34-12-15-37-16-17(34)3)30-24(33(22)5-2)26(27)10-13-36-14-11-26/h6-9,17H,4-5,10-16H2,1-3H3,(H2,28,29,35)/t17-/m0/s1. The van der Waals surface area contributed by atoms with Crippen LogP contribution in [-0.2, 0) is 21.7 Å². The molecular weight excluding hydrogens is 477 g/mol. The number of nitrogens with one attached hydrogen (secondary N) is 2. The number of hydrogen-bond donors (Lipinski definition) is 2. The molecule has 2 aromatic heterocycles. The van der Waals surface area contributed by atoms with Crippen LogP contribution in [0.3, 0.4) is 0 Å². The summed E-state index contributed by atoms with van der Waals surface area (Å²) in [6.45, 7) is 9.55. The number of anilines is 2. The molecule has 0 saturated carbocycles. The lowest BCUT2D eigenvalue weighted by Gasteiger charge is -2.34. The molecule has 11 heteroatoms. The Labute approximate surface area is 215 Å². The number of fused-ring (bicyclic) bond motifs is 1. The van der Waals surface area contributed by atoms with Crippen molar-refractivity contribution in [2.75, 3.05) is 49.7 Å². The van der Waals surface area contributed by atoms with Crippen LogP contribution in [0.25, 0.3) is 22.6 Å². The Hall–Kier alpha value is -3.31.